The van der Waals surface area contributed by atoms with Crippen LogP contribution in [0.4, 0.5) is 27.2 Å². The Morgan fingerprint density at radius 1 is 0.525 bits per heavy atom. The first-order valence-corrected chi connectivity index (χ1v) is 46.1. The van der Waals surface area contributed by atoms with Crippen LogP contribution in [0.1, 0.15) is 197 Å². The number of amides is 6. The molecule has 4 saturated heterocycles. The summed E-state index contributed by atoms with van der Waals surface area (Å²) >= 11 is 3.58. The Morgan fingerprint density at radius 3 is 1.31 bits per heavy atom. The Balaban J connectivity index is 0.000000205. The largest absolute Gasteiger partial charge is 0.496 e. The lowest BCUT2D eigenvalue weighted by atomic mass is 10.0. The second-order valence-electron chi connectivity index (χ2n) is 32.5. The molecule has 4 saturated carbocycles. The molecule has 6 aromatic rings. The fourth-order valence-electron chi connectivity index (χ4n) is 18.1. The number of pyridine rings is 2. The van der Waals surface area contributed by atoms with Crippen LogP contribution in [-0.4, -0.2) is 165 Å². The Morgan fingerprint density at radius 2 is 0.898 bits per heavy atom. The minimum Gasteiger partial charge on any atom is -0.496 e. The predicted molar refractivity (Wildman–Crippen MR) is 434 cm³/mol. The van der Waals surface area contributed by atoms with Gasteiger partial charge in [-0.1, -0.05) is 76.3 Å². The number of carbonyl (C=O) groups excluding carboxylic acids is 6. The predicted octanol–water partition coefficient (Wildman–Crippen LogP) is 15.8. The summed E-state index contributed by atoms with van der Waals surface area (Å²) in [5.41, 5.74) is 0.814. The maximum absolute atomic E-state index is 14.9. The molecule has 2 aromatic heterocycles. The van der Waals surface area contributed by atoms with Gasteiger partial charge >= 0.3 is 12.2 Å². The number of aryl methyl sites for hydroxylation is 1. The number of hydrogen-bond donors (Lipinski definition) is 6. The number of aromatic nitrogens is 2. The van der Waals surface area contributed by atoms with Gasteiger partial charge < -0.3 is 78.7 Å². The van der Waals surface area contributed by atoms with Crippen LogP contribution in [0.15, 0.2) is 77.3 Å². The molecule has 4 aliphatic carbocycles. The van der Waals surface area contributed by atoms with Gasteiger partial charge in [0, 0.05) is 52.4 Å². The number of rotatable bonds is 20. The minimum absolute atomic E-state index is 0.00183. The Kier molecular flexibility index (Phi) is 28.2. The molecule has 4 aliphatic heterocycles. The van der Waals surface area contributed by atoms with Crippen molar-refractivity contribution in [2.45, 2.75) is 259 Å². The number of alkyl carbamates (subject to hydrolysis) is 2. The quantitative estimate of drug-likeness (QED) is 0.0305. The second-order valence-corrected chi connectivity index (χ2v) is 38.3. The van der Waals surface area contributed by atoms with Crippen LogP contribution in [0.25, 0.3) is 21.8 Å². The molecule has 0 spiro atoms. The molecule has 4 aromatic carbocycles. The lowest BCUT2D eigenvalue weighted by molar-refractivity contribution is -0.140. The number of ether oxygens (including phenoxy) is 8. The molecule has 640 valence electrons. The minimum atomic E-state index is -4.53. The normalized spacial score (nSPS) is 26.4. The Hall–Kier alpha value is -8.50. The fraction of sp³-hybridized carbons (Fsp3) is 0.576. The van der Waals surface area contributed by atoms with Crippen LogP contribution >= 0.6 is 30.7 Å². The summed E-state index contributed by atoms with van der Waals surface area (Å²) < 4.78 is 136. The summed E-state index contributed by atoms with van der Waals surface area (Å²) in [6.07, 6.45) is 11.3. The van der Waals surface area contributed by atoms with E-state index >= 15 is 0 Å². The average Bonchev–Trinajstić information content (AvgIpc) is 1.55. The molecule has 0 radical (unpaired) electrons. The van der Waals surface area contributed by atoms with Gasteiger partial charge in [-0.25, -0.2) is 37.1 Å². The molecule has 26 nitrogen and oxygen atoms in total. The number of fused-ring (bicyclic) bond motifs is 6. The molecule has 8 aliphatic rings. The molecule has 6 N–H and O–H groups in total. The lowest BCUT2D eigenvalue weighted by Crippen LogP contribution is -2.55. The molecule has 4 unspecified atom stereocenters. The van der Waals surface area contributed by atoms with Crippen molar-refractivity contribution < 1.29 is 103 Å². The highest BCUT2D eigenvalue weighted by Gasteiger charge is 2.68. The van der Waals surface area contributed by atoms with Crippen molar-refractivity contribution in [2.75, 3.05) is 40.5 Å². The van der Waals surface area contributed by atoms with E-state index < -0.39 is 156 Å². The van der Waals surface area contributed by atoms with Crippen molar-refractivity contribution in [1.82, 2.24) is 41.0 Å². The third-order valence-electron chi connectivity index (χ3n) is 24.6. The van der Waals surface area contributed by atoms with E-state index in [-0.39, 0.29) is 56.9 Å². The van der Waals surface area contributed by atoms with Crippen LogP contribution in [0.3, 0.4) is 0 Å². The van der Waals surface area contributed by atoms with Crippen LogP contribution in [0.2, 0.25) is 0 Å². The smallest absolute Gasteiger partial charge is 0.408 e. The standard InChI is InChI=1S/C43H55F2N4O9P.C42H52BrF2N4O9P/c1-4-56-38-22-37(30-19-20-36(55-3)26(2)39(30)47-38)57-29-21-35-40(50)48-43(59(53,54)25-31-32(44)16-12-17-33(31)45)23-27(43)13-8-6-5-7-9-18-34(41(51)49(35)24-29)46-42(52)58-28-14-10-11-15-28;1-3-56-36-21-35(28-18-19-34(55-2)37(43)38(28)47-36)57-27-20-33-39(50)48-42(59(53,54)24-29-30(44)15-11-16-31(29)45)22-25(42)12-7-5-4-6-8-17-32(40(51)49(33)23-27)46-41(52)58-26-13-9-10-14-26/h12,16-17,19-20,22,27-29,34-35H,4-11,13-15,18,21,23-25H2,1-3H3,(H,46,52)(H,48,50)(H,53,54);11,15-16,18-19,21,25-27,32-33H,3-10,12-14,17,20,22-24H2,1-2H3,(H,46,52)(H,48,50)(H,53,54)/t27-,29?,34+,35+,43+;25-,27?,32+,33+,42+/m11/s1. The number of methoxy groups -OCH3 is 2. The van der Waals surface area contributed by atoms with Crippen molar-refractivity contribution in [2.24, 2.45) is 11.8 Å². The zero-order valence-corrected chi connectivity index (χ0v) is 70.7. The third kappa shape index (κ3) is 19.6. The van der Waals surface area contributed by atoms with Gasteiger partial charge in [0.15, 0.2) is 0 Å². The molecule has 0 bridgehead atoms. The van der Waals surface area contributed by atoms with Crippen molar-refractivity contribution in [3.63, 3.8) is 0 Å². The zero-order chi connectivity index (χ0) is 83.8. The van der Waals surface area contributed by atoms with Gasteiger partial charge in [-0.05, 0) is 187 Å². The summed E-state index contributed by atoms with van der Waals surface area (Å²) in [5, 5.41) is 9.34. The van der Waals surface area contributed by atoms with Crippen LogP contribution in [-0.2, 0) is 50.1 Å². The fourth-order valence-corrected chi connectivity index (χ4v) is 23.7. The molecule has 33 heteroatoms. The van der Waals surface area contributed by atoms with Gasteiger partial charge in [0.05, 0.1) is 68.4 Å². The highest BCUT2D eigenvalue weighted by Crippen LogP contribution is 2.73. The maximum Gasteiger partial charge on any atom is 0.408 e. The van der Waals surface area contributed by atoms with E-state index in [9.17, 15) is 65.2 Å². The van der Waals surface area contributed by atoms with Gasteiger partial charge in [-0.2, -0.15) is 0 Å². The first kappa shape index (κ1) is 87.3. The number of hydrogen-bond acceptors (Lipinski definition) is 18. The Labute approximate surface area is 692 Å². The molecule has 14 rings (SSSR count). The van der Waals surface area contributed by atoms with Gasteiger partial charge in [0.2, 0.25) is 50.1 Å². The highest BCUT2D eigenvalue weighted by atomic mass is 79.9. The van der Waals surface area contributed by atoms with Crippen LogP contribution in [0.5, 0.6) is 34.8 Å². The van der Waals surface area contributed by atoms with Gasteiger partial charge in [-0.15, -0.1) is 0 Å². The Bertz CT molecular complexity index is 4460. The number of carbonyl (C=O) groups is 6. The van der Waals surface area contributed by atoms with Crippen molar-refractivity contribution in [1.29, 1.82) is 0 Å². The molecular formula is C85H107BrF4N8O18P2. The summed E-state index contributed by atoms with van der Waals surface area (Å²) in [5.74, 6) is -4.50. The monoisotopic (exact) mass is 1740 g/mol. The van der Waals surface area contributed by atoms with E-state index in [0.29, 0.717) is 120 Å². The summed E-state index contributed by atoms with van der Waals surface area (Å²) in [6, 6.07) is 12.5. The summed E-state index contributed by atoms with van der Waals surface area (Å²) in [7, 11) is -5.94. The highest BCUT2D eigenvalue weighted by molar-refractivity contribution is 9.10. The third-order valence-corrected chi connectivity index (χ3v) is 30.7. The van der Waals surface area contributed by atoms with E-state index in [1.807, 2.05) is 26.8 Å². The molecule has 12 atom stereocenters. The van der Waals surface area contributed by atoms with Gasteiger partial charge in [-0.3, -0.25) is 28.3 Å². The number of benzene rings is 4. The zero-order valence-electron chi connectivity index (χ0n) is 67.3. The van der Waals surface area contributed by atoms with Gasteiger partial charge in [0.1, 0.15) is 105 Å². The lowest BCUT2D eigenvalue weighted by Gasteiger charge is -2.31. The SMILES string of the molecule is CCOc1cc(OC2C[C@H]3C(=O)N[C@]4(P(=O)(O)Cc5c(F)cccc5F)C[C@H]4CCCCCCC[C@H](NC(=O)OC4CCCC4)C(=O)N3C2)c2ccc(OC)c(Br)c2n1.CCOc1cc(OC2C[C@H]3C(=O)N[C@]4(P(=O)(O)Cc5c(F)cccc5F)C[C@H]4CCCCCCC[C@H](NC(=O)OC4CCCC4)C(=O)N3C2)c2ccc(OC)c(C)c2n1. The molecule has 8 fully saturated rings. The number of nitrogens with zero attached hydrogens (tertiary/aromatic N) is 4. The molecule has 6 heterocycles. The summed E-state index contributed by atoms with van der Waals surface area (Å²) in [4.78, 5) is 121. The van der Waals surface area contributed by atoms with Crippen molar-refractivity contribution in [3.8, 4) is 34.8 Å². The van der Waals surface area contributed by atoms with Crippen LogP contribution < -0.4 is 49.7 Å². The molecular weight excluding hydrogens is 1640 g/mol. The number of nitrogens with one attached hydrogen (secondary N) is 4. The van der Waals surface area contributed by atoms with Crippen LogP contribution in [0, 0.1) is 42.0 Å². The number of halogens is 5. The van der Waals surface area contributed by atoms with Crippen molar-refractivity contribution >= 4 is 88.3 Å². The first-order chi connectivity index (χ1) is 56.7. The van der Waals surface area contributed by atoms with Crippen molar-refractivity contribution in [3.05, 3.63) is 117 Å². The molecule has 118 heavy (non-hydrogen) atoms. The topological polar surface area (TPSA) is 331 Å². The first-order valence-electron chi connectivity index (χ1n) is 41.6. The van der Waals surface area contributed by atoms with E-state index in [2.05, 4.69) is 47.2 Å². The second kappa shape index (κ2) is 38.1. The van der Waals surface area contributed by atoms with E-state index in [4.69, 9.17) is 37.9 Å². The maximum atomic E-state index is 14.9. The van der Waals surface area contributed by atoms with E-state index in [1.54, 1.807) is 37.4 Å². The van der Waals surface area contributed by atoms with E-state index in [0.717, 1.165) is 120 Å². The summed E-state index contributed by atoms with van der Waals surface area (Å²) in [6.45, 7) is 6.08. The van der Waals surface area contributed by atoms with Gasteiger partial charge in [0.25, 0.3) is 0 Å². The average molecular weight is 1750 g/mol. The molecule has 6 amide bonds. The van der Waals surface area contributed by atoms with E-state index in [1.165, 1.54) is 29.0 Å².